The van der Waals surface area contributed by atoms with Crippen molar-refractivity contribution in [3.05, 3.63) is 45.9 Å². The van der Waals surface area contributed by atoms with Crippen molar-refractivity contribution in [3.63, 3.8) is 0 Å². The normalized spacial score (nSPS) is 12.3. The molecule has 0 unspecified atom stereocenters. The van der Waals surface area contributed by atoms with E-state index in [1.54, 1.807) is 0 Å². The topological polar surface area (TPSA) is 80.9 Å². The van der Waals surface area contributed by atoms with E-state index in [0.717, 1.165) is 15.6 Å². The van der Waals surface area contributed by atoms with Crippen LogP contribution in [-0.2, 0) is 23.2 Å². The van der Waals surface area contributed by atoms with Crippen LogP contribution in [0.15, 0.2) is 30.3 Å². The average Bonchev–Trinajstić information content (AvgIpc) is 2.94. The quantitative estimate of drug-likeness (QED) is 0.864. The van der Waals surface area contributed by atoms with Crippen molar-refractivity contribution in [3.8, 4) is 0 Å². The van der Waals surface area contributed by atoms with Gasteiger partial charge in [0, 0.05) is 5.41 Å². The van der Waals surface area contributed by atoms with Gasteiger partial charge in [-0.2, -0.15) is 0 Å². The molecule has 3 N–H and O–H groups in total. The number of nitrogens with zero attached hydrogens (tertiary/aromatic N) is 2. The first kappa shape index (κ1) is 19.5. The molecule has 23 heavy (non-hydrogen) atoms. The van der Waals surface area contributed by atoms with Gasteiger partial charge in [0.1, 0.15) is 10.0 Å². The van der Waals surface area contributed by atoms with Gasteiger partial charge in [-0.05, 0) is 12.0 Å². The first-order valence-electron chi connectivity index (χ1n) is 7.26. The SMILES string of the molecule is CC(C)(C)c1nnc(CNC(=O)[C@@H](N)Cc2ccccc2)s1.Cl. The minimum absolute atomic E-state index is 0. The highest BCUT2D eigenvalue weighted by Gasteiger charge is 2.20. The van der Waals surface area contributed by atoms with E-state index in [0.29, 0.717) is 13.0 Å². The number of nitrogens with one attached hydrogen (secondary N) is 1. The molecular formula is C16H23ClN4OS. The zero-order valence-electron chi connectivity index (χ0n) is 13.6. The summed E-state index contributed by atoms with van der Waals surface area (Å²) in [5, 5.41) is 12.9. The summed E-state index contributed by atoms with van der Waals surface area (Å²) in [4.78, 5) is 12.0. The lowest BCUT2D eigenvalue weighted by Crippen LogP contribution is -2.41. The third-order valence-corrected chi connectivity index (χ3v) is 4.51. The predicted molar refractivity (Wildman–Crippen MR) is 95.8 cm³/mol. The molecule has 0 aliphatic heterocycles. The maximum absolute atomic E-state index is 12.0. The largest absolute Gasteiger partial charge is 0.348 e. The number of halogens is 1. The number of carbonyl (C=O) groups is 1. The Bertz CT molecular complexity index is 625. The van der Waals surface area contributed by atoms with E-state index in [1.807, 2.05) is 30.3 Å². The zero-order valence-corrected chi connectivity index (χ0v) is 15.2. The summed E-state index contributed by atoms with van der Waals surface area (Å²) < 4.78 is 0. The first-order chi connectivity index (χ1) is 10.4. The third kappa shape index (κ3) is 5.89. The lowest BCUT2D eigenvalue weighted by Gasteiger charge is -2.12. The van der Waals surface area contributed by atoms with Gasteiger partial charge in [-0.3, -0.25) is 4.79 Å². The molecule has 126 valence electrons. The highest BCUT2D eigenvalue weighted by Crippen LogP contribution is 2.25. The molecule has 1 aromatic heterocycles. The molecule has 0 spiro atoms. The number of carbonyl (C=O) groups excluding carboxylic acids is 1. The highest BCUT2D eigenvalue weighted by molar-refractivity contribution is 7.11. The van der Waals surface area contributed by atoms with Crippen molar-refractivity contribution in [1.82, 2.24) is 15.5 Å². The molecule has 0 aliphatic carbocycles. The van der Waals surface area contributed by atoms with Crippen LogP contribution in [-0.4, -0.2) is 22.1 Å². The van der Waals surface area contributed by atoms with Gasteiger partial charge in [-0.1, -0.05) is 62.4 Å². The van der Waals surface area contributed by atoms with Gasteiger partial charge in [-0.25, -0.2) is 0 Å². The van der Waals surface area contributed by atoms with Gasteiger partial charge in [0.2, 0.25) is 5.91 Å². The molecule has 5 nitrogen and oxygen atoms in total. The third-order valence-electron chi connectivity index (χ3n) is 3.16. The van der Waals surface area contributed by atoms with Crippen LogP contribution in [0, 0.1) is 0 Å². The molecule has 1 atom stereocenters. The van der Waals surface area contributed by atoms with Crippen molar-refractivity contribution >= 4 is 29.7 Å². The summed E-state index contributed by atoms with van der Waals surface area (Å²) in [5.74, 6) is -0.170. The first-order valence-corrected chi connectivity index (χ1v) is 8.08. The van der Waals surface area contributed by atoms with E-state index >= 15 is 0 Å². The van der Waals surface area contributed by atoms with E-state index in [-0.39, 0.29) is 23.7 Å². The number of hydrogen-bond donors (Lipinski definition) is 2. The average molecular weight is 355 g/mol. The smallest absolute Gasteiger partial charge is 0.237 e. The molecule has 0 fully saturated rings. The molecular weight excluding hydrogens is 332 g/mol. The van der Waals surface area contributed by atoms with Crippen molar-refractivity contribution < 1.29 is 4.79 Å². The molecule has 7 heteroatoms. The van der Waals surface area contributed by atoms with Crippen LogP contribution in [0.2, 0.25) is 0 Å². The number of amides is 1. The summed E-state index contributed by atoms with van der Waals surface area (Å²) in [5.41, 5.74) is 6.97. The Labute approximate surface area is 147 Å². The Balaban J connectivity index is 0.00000264. The Morgan fingerprint density at radius 1 is 1.26 bits per heavy atom. The van der Waals surface area contributed by atoms with Crippen LogP contribution in [0.25, 0.3) is 0 Å². The second-order valence-electron chi connectivity index (χ2n) is 6.26. The standard InChI is InChI=1S/C16H22N4OS.ClH/c1-16(2,3)15-20-19-13(22-15)10-18-14(21)12(17)9-11-7-5-4-6-8-11;/h4-8,12H,9-10,17H2,1-3H3,(H,18,21);1H/t12-;/m0./s1. The zero-order chi connectivity index (χ0) is 16.2. The van der Waals surface area contributed by atoms with Gasteiger partial charge in [0.05, 0.1) is 12.6 Å². The predicted octanol–water partition coefficient (Wildman–Crippen LogP) is 2.44. The Hall–Kier alpha value is -1.50. The van der Waals surface area contributed by atoms with Crippen LogP contribution in [0.4, 0.5) is 0 Å². The fourth-order valence-corrected chi connectivity index (χ4v) is 2.72. The number of rotatable bonds is 5. The van der Waals surface area contributed by atoms with Gasteiger partial charge >= 0.3 is 0 Å². The fourth-order valence-electron chi connectivity index (χ4n) is 1.88. The molecule has 1 heterocycles. The fraction of sp³-hybridized carbons (Fsp3) is 0.438. The summed E-state index contributed by atoms with van der Waals surface area (Å²) in [6.45, 7) is 6.64. The van der Waals surface area contributed by atoms with Crippen molar-refractivity contribution in [2.24, 2.45) is 5.73 Å². The summed E-state index contributed by atoms with van der Waals surface area (Å²) >= 11 is 1.52. The highest BCUT2D eigenvalue weighted by atomic mass is 35.5. The molecule has 1 aromatic carbocycles. The molecule has 2 aromatic rings. The number of hydrogen-bond acceptors (Lipinski definition) is 5. The van der Waals surface area contributed by atoms with Gasteiger partial charge < -0.3 is 11.1 Å². The number of benzene rings is 1. The lowest BCUT2D eigenvalue weighted by molar-refractivity contribution is -0.122. The molecule has 1 amide bonds. The molecule has 0 saturated carbocycles. The maximum Gasteiger partial charge on any atom is 0.237 e. The minimum atomic E-state index is -0.558. The number of aromatic nitrogens is 2. The second-order valence-corrected chi connectivity index (χ2v) is 7.33. The summed E-state index contributed by atoms with van der Waals surface area (Å²) in [6, 6.07) is 9.19. The lowest BCUT2D eigenvalue weighted by atomic mass is 9.98. The molecule has 0 radical (unpaired) electrons. The molecule has 0 bridgehead atoms. The van der Waals surface area contributed by atoms with Gasteiger partial charge in [-0.15, -0.1) is 22.6 Å². The maximum atomic E-state index is 12.0. The molecule has 0 saturated heterocycles. The summed E-state index contributed by atoms with van der Waals surface area (Å²) in [7, 11) is 0. The summed E-state index contributed by atoms with van der Waals surface area (Å²) in [6.07, 6.45) is 0.524. The van der Waals surface area contributed by atoms with E-state index in [2.05, 4.69) is 36.3 Å². The molecule has 0 aliphatic rings. The van der Waals surface area contributed by atoms with Crippen molar-refractivity contribution in [2.75, 3.05) is 0 Å². The Morgan fingerprint density at radius 3 is 2.48 bits per heavy atom. The number of nitrogens with two attached hydrogens (primary N) is 1. The van der Waals surface area contributed by atoms with Crippen LogP contribution >= 0.6 is 23.7 Å². The van der Waals surface area contributed by atoms with E-state index < -0.39 is 6.04 Å². The van der Waals surface area contributed by atoms with Crippen molar-refractivity contribution in [2.45, 2.75) is 45.2 Å². The van der Waals surface area contributed by atoms with E-state index in [9.17, 15) is 4.79 Å². The van der Waals surface area contributed by atoms with Crippen LogP contribution in [0.1, 0.15) is 36.3 Å². The van der Waals surface area contributed by atoms with Crippen LogP contribution < -0.4 is 11.1 Å². The molecule has 2 rings (SSSR count). The van der Waals surface area contributed by atoms with Gasteiger partial charge in [0.15, 0.2) is 0 Å². The van der Waals surface area contributed by atoms with Crippen molar-refractivity contribution in [1.29, 1.82) is 0 Å². The Kier molecular flexibility index (Phi) is 7.12. The van der Waals surface area contributed by atoms with E-state index in [1.165, 1.54) is 11.3 Å². The van der Waals surface area contributed by atoms with E-state index in [4.69, 9.17) is 5.73 Å². The minimum Gasteiger partial charge on any atom is -0.348 e. The van der Waals surface area contributed by atoms with Crippen LogP contribution in [0.5, 0.6) is 0 Å². The Morgan fingerprint density at radius 2 is 1.91 bits per heavy atom. The second kappa shape index (κ2) is 8.38. The van der Waals surface area contributed by atoms with Gasteiger partial charge in [0.25, 0.3) is 0 Å². The van der Waals surface area contributed by atoms with Crippen LogP contribution in [0.3, 0.4) is 0 Å². The monoisotopic (exact) mass is 354 g/mol.